The third-order valence-electron chi connectivity index (χ3n) is 3.32. The molecule has 0 atom stereocenters. The molecule has 16 heavy (non-hydrogen) atoms. The van der Waals surface area contributed by atoms with Crippen LogP contribution >= 0.6 is 11.3 Å². The van der Waals surface area contributed by atoms with E-state index in [2.05, 4.69) is 30.1 Å². The molecule has 1 aromatic heterocycles. The molecule has 0 radical (unpaired) electrons. The van der Waals surface area contributed by atoms with E-state index in [1.807, 2.05) is 11.3 Å². The van der Waals surface area contributed by atoms with Gasteiger partial charge in [0.25, 0.3) is 0 Å². The minimum atomic E-state index is 0.147. The fourth-order valence-corrected chi connectivity index (χ4v) is 2.91. The van der Waals surface area contributed by atoms with Gasteiger partial charge in [0.2, 0.25) is 0 Å². The number of rotatable bonds is 3. The maximum atomic E-state index is 6.09. The van der Waals surface area contributed by atoms with Gasteiger partial charge in [-0.05, 0) is 43.9 Å². The molecule has 0 amide bonds. The maximum absolute atomic E-state index is 6.09. The fraction of sp³-hybridized carbons (Fsp3) is 0.462. The van der Waals surface area contributed by atoms with Gasteiger partial charge < -0.3 is 5.73 Å². The van der Waals surface area contributed by atoms with Gasteiger partial charge in [-0.2, -0.15) is 0 Å². The Morgan fingerprint density at radius 3 is 3.00 bits per heavy atom. The first-order chi connectivity index (χ1) is 7.65. The number of benzene rings is 1. The van der Waals surface area contributed by atoms with Crippen LogP contribution in [0.2, 0.25) is 0 Å². The zero-order chi connectivity index (χ0) is 11.2. The van der Waals surface area contributed by atoms with E-state index in [-0.39, 0.29) is 5.54 Å². The van der Waals surface area contributed by atoms with Crippen molar-refractivity contribution in [3.63, 3.8) is 0 Å². The molecule has 3 rings (SSSR count). The summed E-state index contributed by atoms with van der Waals surface area (Å²) in [6.07, 6.45) is 4.51. The van der Waals surface area contributed by atoms with Crippen LogP contribution in [-0.2, 0) is 6.42 Å². The highest BCUT2D eigenvalue weighted by atomic mass is 32.1. The molecule has 0 unspecified atom stereocenters. The van der Waals surface area contributed by atoms with Crippen LogP contribution in [0.5, 0.6) is 0 Å². The number of thiazole rings is 1. The lowest BCUT2D eigenvalue weighted by atomic mass is 10.1. The van der Waals surface area contributed by atoms with Crippen molar-refractivity contribution in [3.8, 4) is 0 Å². The van der Waals surface area contributed by atoms with E-state index in [0.717, 1.165) is 18.4 Å². The first-order valence-corrected chi connectivity index (χ1v) is 6.61. The molecular formula is C13H16N2S. The smallest absolute Gasteiger partial charge is 0.0939 e. The van der Waals surface area contributed by atoms with Gasteiger partial charge in [0.1, 0.15) is 0 Å². The number of nitrogens with zero attached hydrogens (tertiary/aromatic N) is 1. The molecule has 1 heterocycles. The second-order valence-electron chi connectivity index (χ2n) is 4.94. The number of hydrogen-bond donors (Lipinski definition) is 1. The molecule has 2 nitrogen and oxygen atoms in total. The monoisotopic (exact) mass is 232 g/mol. The summed E-state index contributed by atoms with van der Waals surface area (Å²) in [5.41, 5.74) is 8.66. The van der Waals surface area contributed by atoms with Gasteiger partial charge >= 0.3 is 0 Å². The zero-order valence-corrected chi connectivity index (χ0v) is 10.3. The minimum Gasteiger partial charge on any atom is -0.325 e. The summed E-state index contributed by atoms with van der Waals surface area (Å²) in [7, 11) is 0. The summed E-state index contributed by atoms with van der Waals surface area (Å²) >= 11 is 1.81. The van der Waals surface area contributed by atoms with Crippen LogP contribution in [0.15, 0.2) is 18.2 Å². The Labute approximate surface area is 99.5 Å². The van der Waals surface area contributed by atoms with Crippen molar-refractivity contribution in [3.05, 3.63) is 28.8 Å². The van der Waals surface area contributed by atoms with E-state index >= 15 is 0 Å². The van der Waals surface area contributed by atoms with E-state index in [9.17, 15) is 0 Å². The molecule has 1 aromatic carbocycles. The molecule has 1 saturated carbocycles. The molecule has 0 saturated heterocycles. The number of aromatic nitrogens is 1. The number of nitrogens with two attached hydrogens (primary N) is 1. The summed E-state index contributed by atoms with van der Waals surface area (Å²) < 4.78 is 1.29. The highest BCUT2D eigenvalue weighted by Gasteiger charge is 2.37. The Morgan fingerprint density at radius 1 is 1.44 bits per heavy atom. The first kappa shape index (κ1) is 10.2. The second kappa shape index (κ2) is 3.54. The van der Waals surface area contributed by atoms with E-state index < -0.39 is 0 Å². The highest BCUT2D eigenvalue weighted by Crippen LogP contribution is 2.37. The molecule has 0 spiro atoms. The Kier molecular flexibility index (Phi) is 2.26. The van der Waals surface area contributed by atoms with Gasteiger partial charge in [-0.1, -0.05) is 6.07 Å². The average Bonchev–Trinajstić information content (AvgIpc) is 2.85. The molecule has 1 aliphatic carbocycles. The third-order valence-corrected chi connectivity index (χ3v) is 4.41. The number of hydrogen-bond acceptors (Lipinski definition) is 3. The summed E-state index contributed by atoms with van der Waals surface area (Å²) in [6.45, 7) is 2.11. The van der Waals surface area contributed by atoms with Crippen LogP contribution in [0.4, 0.5) is 0 Å². The van der Waals surface area contributed by atoms with E-state index in [0.29, 0.717) is 0 Å². The predicted octanol–water partition coefficient (Wildman–Crippen LogP) is 3.03. The highest BCUT2D eigenvalue weighted by molar-refractivity contribution is 7.18. The Bertz CT molecular complexity index is 526. The van der Waals surface area contributed by atoms with E-state index in [4.69, 9.17) is 5.73 Å². The van der Waals surface area contributed by atoms with Crippen molar-refractivity contribution in [1.82, 2.24) is 4.98 Å². The molecule has 3 heteroatoms. The predicted molar refractivity (Wildman–Crippen MR) is 68.8 cm³/mol. The summed E-state index contributed by atoms with van der Waals surface area (Å²) in [6, 6.07) is 6.47. The topological polar surface area (TPSA) is 38.9 Å². The summed E-state index contributed by atoms with van der Waals surface area (Å²) in [5.74, 6) is 0. The van der Waals surface area contributed by atoms with Crippen LogP contribution < -0.4 is 5.73 Å². The van der Waals surface area contributed by atoms with Gasteiger partial charge in [0, 0.05) is 12.0 Å². The largest absolute Gasteiger partial charge is 0.325 e. The van der Waals surface area contributed by atoms with Crippen LogP contribution in [0.1, 0.15) is 29.8 Å². The molecule has 2 N–H and O–H groups in total. The quantitative estimate of drug-likeness (QED) is 0.883. The van der Waals surface area contributed by atoms with Crippen molar-refractivity contribution in [1.29, 1.82) is 0 Å². The van der Waals surface area contributed by atoms with E-state index in [1.54, 1.807) is 0 Å². The van der Waals surface area contributed by atoms with Gasteiger partial charge in [0.05, 0.1) is 15.2 Å². The lowest BCUT2D eigenvalue weighted by molar-refractivity contribution is 0.608. The lowest BCUT2D eigenvalue weighted by Crippen LogP contribution is -2.21. The second-order valence-corrected chi connectivity index (χ2v) is 6.06. The third kappa shape index (κ3) is 1.97. The van der Waals surface area contributed by atoms with Gasteiger partial charge in [-0.15, -0.1) is 11.3 Å². The van der Waals surface area contributed by atoms with Crippen molar-refractivity contribution in [2.45, 2.75) is 38.1 Å². The normalized spacial score (nSPS) is 17.9. The van der Waals surface area contributed by atoms with Crippen LogP contribution in [0, 0.1) is 6.92 Å². The van der Waals surface area contributed by atoms with Gasteiger partial charge in [-0.3, -0.25) is 0 Å². The zero-order valence-electron chi connectivity index (χ0n) is 9.49. The van der Waals surface area contributed by atoms with Crippen molar-refractivity contribution >= 4 is 21.6 Å². The van der Waals surface area contributed by atoms with Gasteiger partial charge in [0.15, 0.2) is 0 Å². The molecule has 0 aliphatic heterocycles. The summed E-state index contributed by atoms with van der Waals surface area (Å²) in [5, 5.41) is 1.23. The van der Waals surface area contributed by atoms with Crippen molar-refractivity contribution < 1.29 is 0 Å². The van der Waals surface area contributed by atoms with Gasteiger partial charge in [-0.25, -0.2) is 4.98 Å². The van der Waals surface area contributed by atoms with Crippen molar-refractivity contribution in [2.24, 2.45) is 5.73 Å². The fourth-order valence-electron chi connectivity index (χ4n) is 1.96. The number of fused-ring (bicyclic) bond motifs is 1. The number of aryl methyl sites for hydroxylation is 2. The standard InChI is InChI=1S/C13H16N2S/c1-9-2-3-11-10(8-9)15-12(16-11)4-5-13(14)6-7-13/h2-3,8H,4-7,14H2,1H3. The Morgan fingerprint density at radius 2 is 2.25 bits per heavy atom. The minimum absolute atomic E-state index is 0.147. The first-order valence-electron chi connectivity index (χ1n) is 5.80. The summed E-state index contributed by atoms with van der Waals surface area (Å²) in [4.78, 5) is 4.67. The molecule has 0 bridgehead atoms. The maximum Gasteiger partial charge on any atom is 0.0939 e. The van der Waals surface area contributed by atoms with Crippen LogP contribution in [-0.4, -0.2) is 10.5 Å². The van der Waals surface area contributed by atoms with Crippen LogP contribution in [0.3, 0.4) is 0 Å². The average molecular weight is 232 g/mol. The van der Waals surface area contributed by atoms with E-state index in [1.165, 1.54) is 28.1 Å². The molecule has 1 aliphatic rings. The Hall–Kier alpha value is -0.930. The SMILES string of the molecule is Cc1ccc2sc(CCC3(N)CC3)nc2c1. The Balaban J connectivity index is 1.82. The molecular weight excluding hydrogens is 216 g/mol. The molecule has 1 fully saturated rings. The molecule has 84 valence electrons. The van der Waals surface area contributed by atoms with Crippen molar-refractivity contribution in [2.75, 3.05) is 0 Å². The molecule has 2 aromatic rings. The lowest BCUT2D eigenvalue weighted by Gasteiger charge is -2.04. The van der Waals surface area contributed by atoms with Crippen LogP contribution in [0.25, 0.3) is 10.2 Å².